The standard InChI is InChI=1S/C7H4N.2BrH.Zn/c8-6-7-4-2-1-3-5-7;;;/h2-5H;2*1H;/q;;;+2/p-2. The van der Waals surface area contributed by atoms with Gasteiger partial charge in [-0.05, 0) is 18.2 Å². The van der Waals surface area contributed by atoms with E-state index in [9.17, 15) is 0 Å². The molecule has 0 unspecified atom stereocenters. The van der Waals surface area contributed by atoms with Crippen molar-refractivity contribution < 1.29 is 13.2 Å². The van der Waals surface area contributed by atoms with Gasteiger partial charge in [0.15, 0.2) is 0 Å². The molecule has 1 rings (SSSR count). The minimum absolute atomic E-state index is 0.250. The Morgan fingerprint density at radius 1 is 1.36 bits per heavy atom. The SMILES string of the molecule is N#Cc1cc[c]cc1.[Br][Zn][Br]. The van der Waals surface area contributed by atoms with Crippen molar-refractivity contribution in [3.8, 4) is 6.07 Å². The van der Waals surface area contributed by atoms with Crippen LogP contribution < -0.4 is 0 Å². The number of hydrogen-bond donors (Lipinski definition) is 0. The first-order chi connectivity index (χ1) is 5.35. The number of halogens is 2. The average Bonchev–Trinajstić information content (AvgIpc) is 2.08. The quantitative estimate of drug-likeness (QED) is 0.672. The third-order valence-corrected chi connectivity index (χ3v) is 0.847. The third kappa shape index (κ3) is 6.68. The van der Waals surface area contributed by atoms with E-state index in [0.29, 0.717) is 5.56 Å². The van der Waals surface area contributed by atoms with Gasteiger partial charge in [-0.2, -0.15) is 5.26 Å². The van der Waals surface area contributed by atoms with Crippen molar-refractivity contribution >= 4 is 27.2 Å². The Morgan fingerprint density at radius 3 is 2.09 bits per heavy atom. The van der Waals surface area contributed by atoms with Crippen molar-refractivity contribution in [2.24, 2.45) is 0 Å². The van der Waals surface area contributed by atoms with E-state index < -0.39 is 0 Å². The number of benzene rings is 1. The Morgan fingerprint density at radius 2 is 1.82 bits per heavy atom. The first kappa shape index (κ1) is 11.3. The molecule has 11 heavy (non-hydrogen) atoms. The van der Waals surface area contributed by atoms with E-state index in [1.54, 1.807) is 24.3 Å². The van der Waals surface area contributed by atoms with Crippen LogP contribution in [0.4, 0.5) is 0 Å². The second-order valence-electron chi connectivity index (χ2n) is 1.50. The fourth-order valence-electron chi connectivity index (χ4n) is 0.461. The van der Waals surface area contributed by atoms with Crippen molar-refractivity contribution in [2.75, 3.05) is 0 Å². The molecule has 0 amide bonds. The predicted molar refractivity (Wildman–Crippen MR) is 47.8 cm³/mol. The normalized spacial score (nSPS) is 6.64. The molecule has 0 bridgehead atoms. The second kappa shape index (κ2) is 8.39. The number of nitrogens with zero attached hydrogens (tertiary/aromatic N) is 1. The van der Waals surface area contributed by atoms with Crippen LogP contribution in [0.1, 0.15) is 5.56 Å². The summed E-state index contributed by atoms with van der Waals surface area (Å²) >= 11 is 6.25. The summed E-state index contributed by atoms with van der Waals surface area (Å²) in [5.74, 6) is 0. The topological polar surface area (TPSA) is 23.8 Å². The monoisotopic (exact) mass is 324 g/mol. The molecule has 1 radical (unpaired) electrons. The van der Waals surface area contributed by atoms with Gasteiger partial charge in [0.1, 0.15) is 0 Å². The summed E-state index contributed by atoms with van der Waals surface area (Å²) in [7, 11) is 0. The maximum atomic E-state index is 8.27. The van der Waals surface area contributed by atoms with Gasteiger partial charge >= 0.3 is 40.5 Å². The fourth-order valence-corrected chi connectivity index (χ4v) is 0.461. The summed E-state index contributed by atoms with van der Waals surface area (Å²) in [5.41, 5.74) is 0.684. The van der Waals surface area contributed by atoms with Gasteiger partial charge in [-0.25, -0.2) is 0 Å². The van der Waals surface area contributed by atoms with Crippen LogP contribution in [-0.2, 0) is 13.2 Å². The number of hydrogen-bond acceptors (Lipinski definition) is 1. The maximum absolute atomic E-state index is 8.27. The van der Waals surface area contributed by atoms with E-state index in [2.05, 4.69) is 33.3 Å². The Labute approximate surface area is 87.1 Å². The molecule has 53 valence electrons. The molecule has 1 nitrogen and oxygen atoms in total. The molecule has 0 atom stereocenters. The van der Waals surface area contributed by atoms with E-state index in [1.165, 1.54) is 0 Å². The molecule has 0 aliphatic carbocycles. The fraction of sp³-hybridized carbons (Fsp3) is 0. The van der Waals surface area contributed by atoms with Crippen LogP contribution in [0.25, 0.3) is 0 Å². The first-order valence-corrected chi connectivity index (χ1v) is 16.7. The zero-order valence-corrected chi connectivity index (χ0v) is 11.9. The van der Waals surface area contributed by atoms with Gasteiger partial charge in [-0.1, -0.05) is 12.1 Å². The van der Waals surface area contributed by atoms with Crippen LogP contribution in [-0.4, -0.2) is 0 Å². The van der Waals surface area contributed by atoms with Gasteiger partial charge in [-0.15, -0.1) is 0 Å². The Hall–Kier alpha value is 0.293. The molecule has 0 aliphatic heterocycles. The Kier molecular flexibility index (Phi) is 8.61. The van der Waals surface area contributed by atoms with Crippen LogP contribution in [0.2, 0.25) is 0 Å². The molecule has 1 aromatic carbocycles. The number of rotatable bonds is 0. The second-order valence-corrected chi connectivity index (χ2v) is 15.6. The summed E-state index contributed by atoms with van der Waals surface area (Å²) < 4.78 is 0. The van der Waals surface area contributed by atoms with Crippen LogP contribution in [0.3, 0.4) is 0 Å². The molecule has 0 saturated carbocycles. The molecule has 0 N–H and O–H groups in total. The van der Waals surface area contributed by atoms with E-state index in [0.717, 1.165) is 0 Å². The molecule has 0 aromatic heterocycles. The summed E-state index contributed by atoms with van der Waals surface area (Å²) in [5, 5.41) is 8.27. The summed E-state index contributed by atoms with van der Waals surface area (Å²) in [6, 6.07) is 11.7. The van der Waals surface area contributed by atoms with Crippen molar-refractivity contribution in [1.82, 2.24) is 0 Å². The molecule has 0 saturated heterocycles. The van der Waals surface area contributed by atoms with Crippen LogP contribution in [0.15, 0.2) is 24.3 Å². The van der Waals surface area contributed by atoms with Gasteiger partial charge in [0.2, 0.25) is 0 Å². The molecule has 0 aliphatic rings. The predicted octanol–water partition coefficient (Wildman–Crippen LogP) is 3.05. The minimum atomic E-state index is -0.250. The average molecular weight is 327 g/mol. The van der Waals surface area contributed by atoms with E-state index >= 15 is 0 Å². The van der Waals surface area contributed by atoms with Gasteiger partial charge in [0.05, 0.1) is 11.6 Å². The van der Waals surface area contributed by atoms with Crippen molar-refractivity contribution in [3.05, 3.63) is 35.9 Å². The van der Waals surface area contributed by atoms with E-state index in [4.69, 9.17) is 5.26 Å². The molecule has 4 heteroatoms. The first-order valence-electron chi connectivity index (χ1n) is 2.83. The van der Waals surface area contributed by atoms with Crippen molar-refractivity contribution in [1.29, 1.82) is 5.26 Å². The van der Waals surface area contributed by atoms with Crippen LogP contribution in [0.5, 0.6) is 0 Å². The van der Waals surface area contributed by atoms with Gasteiger partial charge in [0, 0.05) is 0 Å². The van der Waals surface area contributed by atoms with E-state index in [-0.39, 0.29) is 13.2 Å². The van der Waals surface area contributed by atoms with Crippen molar-refractivity contribution in [2.45, 2.75) is 0 Å². The van der Waals surface area contributed by atoms with E-state index in [1.807, 2.05) is 6.07 Å². The zero-order chi connectivity index (χ0) is 8.53. The summed E-state index contributed by atoms with van der Waals surface area (Å²) in [6.07, 6.45) is 0. The molecule has 0 spiro atoms. The molecule has 0 fully saturated rings. The summed E-state index contributed by atoms with van der Waals surface area (Å²) in [6.45, 7) is 0. The van der Waals surface area contributed by atoms with Crippen LogP contribution in [0, 0.1) is 17.4 Å². The third-order valence-electron chi connectivity index (χ3n) is 0.847. The zero-order valence-electron chi connectivity index (χ0n) is 5.72. The van der Waals surface area contributed by atoms with Crippen molar-refractivity contribution in [3.63, 3.8) is 0 Å². The van der Waals surface area contributed by atoms with Gasteiger partial charge < -0.3 is 0 Å². The number of nitriles is 1. The molecule has 0 heterocycles. The molecule has 1 aromatic rings. The molecular formula is C7H4Br2NZn. The van der Waals surface area contributed by atoms with Gasteiger partial charge in [0.25, 0.3) is 0 Å². The van der Waals surface area contributed by atoms with Crippen LogP contribution >= 0.6 is 27.2 Å². The van der Waals surface area contributed by atoms with Gasteiger partial charge in [-0.3, -0.25) is 0 Å². The molecular weight excluding hydrogens is 323 g/mol. The summed E-state index contributed by atoms with van der Waals surface area (Å²) in [4.78, 5) is 0. The Bertz CT molecular complexity index is 220. The Balaban J connectivity index is 0.000000292.